The molecule has 0 saturated carbocycles. The molecule has 2 rings (SSSR count). The number of nitrogens with zero attached hydrogens (tertiary/aromatic N) is 2. The van der Waals surface area contributed by atoms with Crippen LogP contribution in [-0.2, 0) is 6.54 Å². The Hall–Kier alpha value is -1.81. The SMILES string of the molecule is CCCn1ncc(OC)c1C(=O)c1ccccc1Cl. The van der Waals surface area contributed by atoms with Crippen molar-refractivity contribution in [3.8, 4) is 5.75 Å². The van der Waals surface area contributed by atoms with Crippen molar-refractivity contribution in [2.24, 2.45) is 0 Å². The fourth-order valence-electron chi connectivity index (χ4n) is 1.90. The molecule has 0 saturated heterocycles. The van der Waals surface area contributed by atoms with Crippen molar-refractivity contribution in [1.82, 2.24) is 9.78 Å². The number of halogens is 1. The summed E-state index contributed by atoms with van der Waals surface area (Å²) in [7, 11) is 1.52. The van der Waals surface area contributed by atoms with Gasteiger partial charge in [0.1, 0.15) is 0 Å². The highest BCUT2D eigenvalue weighted by Gasteiger charge is 2.22. The summed E-state index contributed by atoms with van der Waals surface area (Å²) in [4.78, 5) is 12.6. The molecule has 0 amide bonds. The van der Waals surface area contributed by atoms with Crippen LogP contribution in [0.15, 0.2) is 30.5 Å². The number of carbonyl (C=O) groups excluding carboxylic acids is 1. The smallest absolute Gasteiger partial charge is 0.216 e. The molecule has 0 aliphatic carbocycles. The van der Waals surface area contributed by atoms with Crippen molar-refractivity contribution in [2.75, 3.05) is 7.11 Å². The van der Waals surface area contributed by atoms with Gasteiger partial charge in [-0.15, -0.1) is 0 Å². The standard InChI is InChI=1S/C14H15ClN2O2/c1-3-8-17-13(12(19-2)9-16-17)14(18)10-6-4-5-7-11(10)15/h4-7,9H,3,8H2,1-2H3. The third-order valence-electron chi connectivity index (χ3n) is 2.79. The van der Waals surface area contributed by atoms with Crippen LogP contribution in [0.2, 0.25) is 5.02 Å². The number of aromatic nitrogens is 2. The monoisotopic (exact) mass is 278 g/mol. The molecule has 0 N–H and O–H groups in total. The summed E-state index contributed by atoms with van der Waals surface area (Å²) in [5.74, 6) is 0.298. The van der Waals surface area contributed by atoms with E-state index in [1.165, 1.54) is 7.11 Å². The Morgan fingerprint density at radius 2 is 2.16 bits per heavy atom. The lowest BCUT2D eigenvalue weighted by atomic mass is 10.1. The third-order valence-corrected chi connectivity index (χ3v) is 3.12. The lowest BCUT2D eigenvalue weighted by Gasteiger charge is -2.08. The Kier molecular flexibility index (Phi) is 4.22. The van der Waals surface area contributed by atoms with Crippen LogP contribution in [0.4, 0.5) is 0 Å². The Morgan fingerprint density at radius 1 is 1.42 bits per heavy atom. The van der Waals surface area contributed by atoms with Crippen LogP contribution in [0.3, 0.4) is 0 Å². The molecule has 4 nitrogen and oxygen atoms in total. The first-order chi connectivity index (χ1) is 9.19. The molecule has 0 aliphatic heterocycles. The van der Waals surface area contributed by atoms with Gasteiger partial charge in [0.15, 0.2) is 11.4 Å². The second-order valence-electron chi connectivity index (χ2n) is 4.09. The first kappa shape index (κ1) is 13.6. The molecule has 0 fully saturated rings. The number of rotatable bonds is 5. The highest BCUT2D eigenvalue weighted by atomic mass is 35.5. The number of ketones is 1. The molecule has 0 atom stereocenters. The Labute approximate surface area is 116 Å². The molecule has 1 heterocycles. The minimum atomic E-state index is -0.173. The van der Waals surface area contributed by atoms with Gasteiger partial charge in [0.25, 0.3) is 0 Å². The number of benzene rings is 1. The van der Waals surface area contributed by atoms with Gasteiger partial charge >= 0.3 is 0 Å². The number of hydrogen-bond donors (Lipinski definition) is 0. The van der Waals surface area contributed by atoms with Crippen molar-refractivity contribution in [3.05, 3.63) is 46.7 Å². The van der Waals surface area contributed by atoms with Gasteiger partial charge in [0.2, 0.25) is 5.78 Å². The van der Waals surface area contributed by atoms with Gasteiger partial charge in [0, 0.05) is 12.1 Å². The molecule has 1 aromatic heterocycles. The van der Waals surface area contributed by atoms with Crippen molar-refractivity contribution in [3.63, 3.8) is 0 Å². The van der Waals surface area contributed by atoms with Crippen LogP contribution >= 0.6 is 11.6 Å². The van der Waals surface area contributed by atoms with E-state index in [1.54, 1.807) is 35.1 Å². The molecule has 0 radical (unpaired) electrons. The van der Waals surface area contributed by atoms with E-state index in [0.29, 0.717) is 28.6 Å². The molecule has 0 unspecified atom stereocenters. The summed E-state index contributed by atoms with van der Waals surface area (Å²) >= 11 is 6.07. The molecule has 5 heteroatoms. The quantitative estimate of drug-likeness (QED) is 0.789. The average molecular weight is 279 g/mol. The largest absolute Gasteiger partial charge is 0.493 e. The van der Waals surface area contributed by atoms with E-state index in [0.717, 1.165) is 6.42 Å². The molecular formula is C14H15ClN2O2. The van der Waals surface area contributed by atoms with E-state index < -0.39 is 0 Å². The molecule has 100 valence electrons. The molecular weight excluding hydrogens is 264 g/mol. The van der Waals surface area contributed by atoms with Gasteiger partial charge in [0.05, 0.1) is 18.3 Å². The second kappa shape index (κ2) is 5.89. The molecule has 0 aliphatic rings. The predicted molar refractivity (Wildman–Crippen MR) is 74.0 cm³/mol. The van der Waals surface area contributed by atoms with Crippen LogP contribution < -0.4 is 4.74 Å². The van der Waals surface area contributed by atoms with Gasteiger partial charge in [-0.3, -0.25) is 9.48 Å². The average Bonchev–Trinajstić information content (AvgIpc) is 2.82. The summed E-state index contributed by atoms with van der Waals surface area (Å²) in [6, 6.07) is 6.97. The first-order valence-electron chi connectivity index (χ1n) is 6.08. The minimum Gasteiger partial charge on any atom is -0.493 e. The number of methoxy groups -OCH3 is 1. The van der Waals surface area contributed by atoms with E-state index in [4.69, 9.17) is 16.3 Å². The van der Waals surface area contributed by atoms with Crippen LogP contribution in [0.1, 0.15) is 29.4 Å². The zero-order valence-corrected chi connectivity index (χ0v) is 11.6. The Balaban J connectivity index is 2.48. The van der Waals surface area contributed by atoms with Crippen molar-refractivity contribution >= 4 is 17.4 Å². The lowest BCUT2D eigenvalue weighted by molar-refractivity contribution is 0.102. The summed E-state index contributed by atoms with van der Waals surface area (Å²) in [6.07, 6.45) is 2.44. The molecule has 19 heavy (non-hydrogen) atoms. The van der Waals surface area contributed by atoms with Crippen LogP contribution in [0.25, 0.3) is 0 Å². The van der Waals surface area contributed by atoms with Crippen molar-refractivity contribution in [1.29, 1.82) is 0 Å². The third kappa shape index (κ3) is 2.63. The Bertz CT molecular complexity index is 593. The normalized spacial score (nSPS) is 10.5. The summed E-state index contributed by atoms with van der Waals surface area (Å²) < 4.78 is 6.86. The topological polar surface area (TPSA) is 44.1 Å². The van der Waals surface area contributed by atoms with Crippen LogP contribution in [0.5, 0.6) is 5.75 Å². The maximum absolute atomic E-state index is 12.6. The summed E-state index contributed by atoms with van der Waals surface area (Å²) in [6.45, 7) is 2.69. The molecule has 0 spiro atoms. The predicted octanol–water partition coefficient (Wildman–Crippen LogP) is 3.19. The zero-order chi connectivity index (χ0) is 13.8. The van der Waals surface area contributed by atoms with Crippen molar-refractivity contribution in [2.45, 2.75) is 19.9 Å². The highest BCUT2D eigenvalue weighted by Crippen LogP contribution is 2.25. The van der Waals surface area contributed by atoms with Gasteiger partial charge in [-0.1, -0.05) is 30.7 Å². The number of carbonyl (C=O) groups is 1. The molecule has 2 aromatic rings. The number of ether oxygens (including phenoxy) is 1. The minimum absolute atomic E-state index is 0.173. The van der Waals surface area contributed by atoms with E-state index in [-0.39, 0.29) is 5.78 Å². The van der Waals surface area contributed by atoms with E-state index >= 15 is 0 Å². The highest BCUT2D eigenvalue weighted by molar-refractivity contribution is 6.35. The van der Waals surface area contributed by atoms with Gasteiger partial charge in [-0.05, 0) is 18.6 Å². The second-order valence-corrected chi connectivity index (χ2v) is 4.50. The summed E-state index contributed by atoms with van der Waals surface area (Å²) in [5, 5.41) is 4.61. The molecule has 1 aromatic carbocycles. The fraction of sp³-hybridized carbons (Fsp3) is 0.286. The van der Waals surface area contributed by atoms with E-state index in [2.05, 4.69) is 5.10 Å². The van der Waals surface area contributed by atoms with Crippen LogP contribution in [0, 0.1) is 0 Å². The van der Waals surface area contributed by atoms with E-state index in [1.807, 2.05) is 6.92 Å². The van der Waals surface area contributed by atoms with Gasteiger partial charge in [-0.25, -0.2) is 0 Å². The lowest BCUT2D eigenvalue weighted by Crippen LogP contribution is -2.13. The number of hydrogen-bond acceptors (Lipinski definition) is 3. The van der Waals surface area contributed by atoms with Gasteiger partial charge < -0.3 is 4.74 Å². The Morgan fingerprint density at radius 3 is 2.79 bits per heavy atom. The first-order valence-corrected chi connectivity index (χ1v) is 6.45. The fourth-order valence-corrected chi connectivity index (χ4v) is 2.12. The maximum atomic E-state index is 12.6. The molecule has 0 bridgehead atoms. The van der Waals surface area contributed by atoms with Gasteiger partial charge in [-0.2, -0.15) is 5.10 Å². The van der Waals surface area contributed by atoms with E-state index in [9.17, 15) is 4.79 Å². The zero-order valence-electron chi connectivity index (χ0n) is 10.9. The maximum Gasteiger partial charge on any atom is 0.216 e. The summed E-state index contributed by atoms with van der Waals surface area (Å²) in [5.41, 5.74) is 0.901. The van der Waals surface area contributed by atoms with Crippen molar-refractivity contribution < 1.29 is 9.53 Å². The van der Waals surface area contributed by atoms with Crippen LogP contribution in [-0.4, -0.2) is 22.7 Å². The number of aryl methyl sites for hydroxylation is 1.